The van der Waals surface area contributed by atoms with Crippen LogP contribution in [0.25, 0.3) is 11.2 Å². The second-order valence-electron chi connectivity index (χ2n) is 6.61. The SMILES string of the molecule is OC[C@H]1C[C@@H](n2cnc3c(SCc4ccccc4Cl)ncnc32)[C@H](O)[C@@H]1O. The Morgan fingerprint density at radius 3 is 2.70 bits per heavy atom. The van der Waals surface area contributed by atoms with Crippen molar-refractivity contribution < 1.29 is 15.3 Å². The van der Waals surface area contributed by atoms with E-state index in [1.807, 2.05) is 24.3 Å². The molecule has 2 heterocycles. The zero-order valence-corrected chi connectivity index (χ0v) is 15.9. The number of nitrogens with zero attached hydrogens (tertiary/aromatic N) is 4. The van der Waals surface area contributed by atoms with E-state index in [9.17, 15) is 15.3 Å². The minimum absolute atomic E-state index is 0.171. The Kier molecular flexibility index (Phi) is 5.34. The molecule has 27 heavy (non-hydrogen) atoms. The van der Waals surface area contributed by atoms with E-state index in [1.54, 1.807) is 10.9 Å². The predicted molar refractivity (Wildman–Crippen MR) is 103 cm³/mol. The molecule has 1 aromatic carbocycles. The molecule has 0 aliphatic heterocycles. The Morgan fingerprint density at radius 2 is 1.96 bits per heavy atom. The zero-order chi connectivity index (χ0) is 19.0. The second-order valence-corrected chi connectivity index (χ2v) is 7.98. The number of hydrogen-bond donors (Lipinski definition) is 3. The quantitative estimate of drug-likeness (QED) is 0.440. The lowest BCUT2D eigenvalue weighted by Gasteiger charge is -2.18. The first-order valence-corrected chi connectivity index (χ1v) is 9.97. The van der Waals surface area contributed by atoms with Crippen molar-refractivity contribution in [3.63, 3.8) is 0 Å². The van der Waals surface area contributed by atoms with Crippen LogP contribution in [0.15, 0.2) is 41.9 Å². The lowest BCUT2D eigenvalue weighted by Crippen LogP contribution is -2.30. The molecule has 1 aliphatic carbocycles. The summed E-state index contributed by atoms with van der Waals surface area (Å²) in [6.07, 6.45) is 1.59. The van der Waals surface area contributed by atoms with Gasteiger partial charge >= 0.3 is 0 Å². The van der Waals surface area contributed by atoms with E-state index in [0.717, 1.165) is 10.6 Å². The maximum absolute atomic E-state index is 10.4. The highest BCUT2D eigenvalue weighted by Gasteiger charge is 2.42. The summed E-state index contributed by atoms with van der Waals surface area (Å²) in [5.74, 6) is 0.286. The van der Waals surface area contributed by atoms with Gasteiger partial charge in [-0.05, 0) is 18.1 Å². The summed E-state index contributed by atoms with van der Waals surface area (Å²) in [6, 6.07) is 7.26. The number of aliphatic hydroxyl groups is 3. The molecule has 0 spiro atoms. The van der Waals surface area contributed by atoms with Crippen LogP contribution in [-0.4, -0.2) is 53.7 Å². The number of fused-ring (bicyclic) bond motifs is 1. The van der Waals surface area contributed by atoms with Crippen LogP contribution in [0.3, 0.4) is 0 Å². The van der Waals surface area contributed by atoms with Gasteiger partial charge in [0.05, 0.1) is 18.5 Å². The first-order chi connectivity index (χ1) is 13.1. The molecule has 4 atom stereocenters. The molecule has 0 unspecified atom stereocenters. The first-order valence-electron chi connectivity index (χ1n) is 8.61. The number of aliphatic hydroxyl groups excluding tert-OH is 3. The van der Waals surface area contributed by atoms with Crippen molar-refractivity contribution in [1.82, 2.24) is 19.5 Å². The summed E-state index contributed by atoms with van der Waals surface area (Å²) in [5.41, 5.74) is 2.25. The molecule has 3 aromatic rings. The van der Waals surface area contributed by atoms with Gasteiger partial charge in [-0.15, -0.1) is 0 Å². The Labute approximate surface area is 165 Å². The van der Waals surface area contributed by atoms with Crippen LogP contribution in [0.4, 0.5) is 0 Å². The minimum atomic E-state index is -0.978. The summed E-state index contributed by atoms with van der Waals surface area (Å²) in [5, 5.41) is 31.3. The fourth-order valence-corrected chi connectivity index (χ4v) is 4.72. The molecule has 1 aliphatic rings. The fraction of sp³-hybridized carbons (Fsp3) is 0.389. The van der Waals surface area contributed by atoms with Crippen molar-refractivity contribution in [2.45, 2.75) is 35.4 Å². The van der Waals surface area contributed by atoms with Gasteiger partial charge < -0.3 is 19.9 Å². The monoisotopic (exact) mass is 406 g/mol. The third-order valence-corrected chi connectivity index (χ3v) is 6.41. The lowest BCUT2D eigenvalue weighted by atomic mass is 10.1. The van der Waals surface area contributed by atoms with Gasteiger partial charge in [0.15, 0.2) is 5.65 Å². The van der Waals surface area contributed by atoms with E-state index in [0.29, 0.717) is 28.4 Å². The van der Waals surface area contributed by atoms with Crippen LogP contribution in [0.2, 0.25) is 5.02 Å². The Bertz CT molecular complexity index is 953. The molecule has 1 fully saturated rings. The van der Waals surface area contributed by atoms with Gasteiger partial charge in [0.25, 0.3) is 0 Å². The number of aromatic nitrogens is 4. The smallest absolute Gasteiger partial charge is 0.164 e. The third-order valence-electron chi connectivity index (χ3n) is 5.01. The molecule has 142 valence electrons. The maximum Gasteiger partial charge on any atom is 0.164 e. The number of imidazole rings is 1. The van der Waals surface area contributed by atoms with Gasteiger partial charge in [-0.25, -0.2) is 15.0 Å². The summed E-state index contributed by atoms with van der Waals surface area (Å²) in [4.78, 5) is 13.1. The van der Waals surface area contributed by atoms with Crippen molar-refractivity contribution in [2.24, 2.45) is 5.92 Å². The summed E-state index contributed by atoms with van der Waals surface area (Å²) < 4.78 is 1.76. The van der Waals surface area contributed by atoms with E-state index in [-0.39, 0.29) is 12.5 Å². The fourth-order valence-electron chi connectivity index (χ4n) is 3.50. The number of thioether (sulfide) groups is 1. The standard InChI is InChI=1S/C18H19ClN4O3S/c19-12-4-2-1-3-10(12)7-27-18-14-17(20-8-21-18)23(9-22-14)13-5-11(6-24)15(25)16(13)26/h1-4,8-9,11,13,15-16,24-26H,5-7H2/t11-,13-,15-,16+/m1/s1. The molecule has 2 aromatic heterocycles. The second kappa shape index (κ2) is 7.73. The number of rotatable bonds is 5. The number of benzene rings is 1. The summed E-state index contributed by atoms with van der Waals surface area (Å²) in [6.45, 7) is -0.171. The predicted octanol–water partition coefficient (Wildman–Crippen LogP) is 2.05. The highest BCUT2D eigenvalue weighted by atomic mass is 35.5. The Hall–Kier alpha value is -1.71. The van der Waals surface area contributed by atoms with Crippen LogP contribution >= 0.6 is 23.4 Å². The third kappa shape index (κ3) is 3.43. The van der Waals surface area contributed by atoms with Crippen molar-refractivity contribution in [2.75, 3.05) is 6.61 Å². The van der Waals surface area contributed by atoms with Gasteiger partial charge in [-0.2, -0.15) is 0 Å². The average molecular weight is 407 g/mol. The largest absolute Gasteiger partial charge is 0.396 e. The number of halogens is 1. The topological polar surface area (TPSA) is 104 Å². The molecule has 0 amide bonds. The van der Waals surface area contributed by atoms with Gasteiger partial charge in [-0.1, -0.05) is 41.6 Å². The Balaban J connectivity index is 1.61. The van der Waals surface area contributed by atoms with Crippen molar-refractivity contribution in [1.29, 1.82) is 0 Å². The van der Waals surface area contributed by atoms with Gasteiger partial charge in [0.1, 0.15) is 23.0 Å². The Morgan fingerprint density at radius 1 is 1.15 bits per heavy atom. The molecular formula is C18H19ClN4O3S. The van der Waals surface area contributed by atoms with E-state index in [2.05, 4.69) is 15.0 Å². The summed E-state index contributed by atoms with van der Waals surface area (Å²) >= 11 is 7.73. The molecule has 1 saturated carbocycles. The molecule has 4 rings (SSSR count). The van der Waals surface area contributed by atoms with Crippen molar-refractivity contribution in [3.8, 4) is 0 Å². The molecule has 7 nitrogen and oxygen atoms in total. The van der Waals surface area contributed by atoms with Crippen LogP contribution in [0.5, 0.6) is 0 Å². The zero-order valence-electron chi connectivity index (χ0n) is 14.3. The van der Waals surface area contributed by atoms with Crippen LogP contribution < -0.4 is 0 Å². The van der Waals surface area contributed by atoms with Gasteiger partial charge in [-0.3, -0.25) is 0 Å². The van der Waals surface area contributed by atoms with E-state index in [4.69, 9.17) is 11.6 Å². The molecular weight excluding hydrogens is 388 g/mol. The van der Waals surface area contributed by atoms with Gasteiger partial charge in [0, 0.05) is 23.3 Å². The molecule has 0 saturated heterocycles. The lowest BCUT2D eigenvalue weighted by molar-refractivity contribution is -0.00370. The van der Waals surface area contributed by atoms with E-state index >= 15 is 0 Å². The number of hydrogen-bond acceptors (Lipinski definition) is 7. The molecule has 0 bridgehead atoms. The van der Waals surface area contributed by atoms with E-state index in [1.165, 1.54) is 18.1 Å². The van der Waals surface area contributed by atoms with Crippen LogP contribution in [-0.2, 0) is 5.75 Å². The van der Waals surface area contributed by atoms with Crippen LogP contribution in [0.1, 0.15) is 18.0 Å². The minimum Gasteiger partial charge on any atom is -0.396 e. The normalized spacial score (nSPS) is 25.3. The maximum atomic E-state index is 10.4. The van der Waals surface area contributed by atoms with Crippen molar-refractivity contribution in [3.05, 3.63) is 47.5 Å². The first kappa shape index (κ1) is 18.6. The highest BCUT2D eigenvalue weighted by Crippen LogP contribution is 2.37. The highest BCUT2D eigenvalue weighted by molar-refractivity contribution is 7.98. The van der Waals surface area contributed by atoms with E-state index < -0.39 is 18.2 Å². The van der Waals surface area contributed by atoms with Crippen LogP contribution in [0, 0.1) is 5.92 Å². The van der Waals surface area contributed by atoms with Crippen molar-refractivity contribution >= 4 is 34.5 Å². The van der Waals surface area contributed by atoms with Gasteiger partial charge in [0.2, 0.25) is 0 Å². The summed E-state index contributed by atoms with van der Waals surface area (Å²) in [7, 11) is 0. The molecule has 0 radical (unpaired) electrons. The molecule has 9 heteroatoms. The molecule has 3 N–H and O–H groups in total. The average Bonchev–Trinajstić information content (AvgIpc) is 3.23.